The van der Waals surface area contributed by atoms with Gasteiger partial charge in [0.25, 0.3) is 0 Å². The van der Waals surface area contributed by atoms with Crippen molar-refractivity contribution in [3.63, 3.8) is 0 Å². The largest absolute Gasteiger partial charge is 0.314 e. The van der Waals surface area contributed by atoms with Crippen LogP contribution < -0.4 is 5.32 Å². The van der Waals surface area contributed by atoms with Gasteiger partial charge < -0.3 is 5.32 Å². The lowest BCUT2D eigenvalue weighted by molar-refractivity contribution is 0.157. The molecule has 0 amide bonds. The Morgan fingerprint density at radius 3 is 2.63 bits per heavy atom. The molecule has 4 heteroatoms. The number of thiazole rings is 1. The number of aromatic nitrogens is 1. The van der Waals surface area contributed by atoms with Gasteiger partial charge >= 0.3 is 0 Å². The number of aryl methyl sites for hydroxylation is 2. The zero-order valence-corrected chi connectivity index (χ0v) is 12.9. The zero-order chi connectivity index (χ0) is 13.2. The average molecular weight is 279 g/mol. The first kappa shape index (κ1) is 13.5. The van der Waals surface area contributed by atoms with E-state index in [1.54, 1.807) is 0 Å². The Morgan fingerprint density at radius 2 is 2.05 bits per heavy atom. The monoisotopic (exact) mass is 279 g/mol. The molecule has 0 aliphatic carbocycles. The van der Waals surface area contributed by atoms with E-state index in [2.05, 4.69) is 29.0 Å². The third-order valence-electron chi connectivity index (χ3n) is 4.73. The highest BCUT2D eigenvalue weighted by molar-refractivity contribution is 7.11. The number of likely N-dealkylation sites (tertiary alicyclic amines) is 1. The Kier molecular flexibility index (Phi) is 4.20. The van der Waals surface area contributed by atoms with Crippen LogP contribution in [0.4, 0.5) is 0 Å². The highest BCUT2D eigenvalue weighted by atomic mass is 32.1. The molecule has 0 bridgehead atoms. The summed E-state index contributed by atoms with van der Waals surface area (Å²) in [5.41, 5.74) is 1.21. The van der Waals surface area contributed by atoms with Gasteiger partial charge in [0.1, 0.15) is 5.01 Å². The first-order valence-electron chi connectivity index (χ1n) is 7.61. The normalized spacial score (nSPS) is 26.1. The molecule has 1 aromatic rings. The van der Waals surface area contributed by atoms with Crippen molar-refractivity contribution >= 4 is 11.3 Å². The molecule has 3 heterocycles. The molecule has 1 atom stereocenters. The minimum Gasteiger partial charge on any atom is -0.314 e. The van der Waals surface area contributed by atoms with Gasteiger partial charge in [0.2, 0.25) is 0 Å². The topological polar surface area (TPSA) is 28.2 Å². The molecule has 0 aromatic carbocycles. The molecule has 2 fully saturated rings. The molecule has 2 saturated heterocycles. The SMILES string of the molecule is Cc1nc(CN2CCC(C3CCCN3)CC2)sc1C. The lowest BCUT2D eigenvalue weighted by atomic mass is 9.88. The molecule has 1 aromatic heterocycles. The second-order valence-corrected chi connectivity index (χ2v) is 7.35. The number of piperidine rings is 1. The fraction of sp³-hybridized carbons (Fsp3) is 0.800. The van der Waals surface area contributed by atoms with Crippen molar-refractivity contribution in [2.24, 2.45) is 5.92 Å². The molecular formula is C15H25N3S. The molecule has 19 heavy (non-hydrogen) atoms. The van der Waals surface area contributed by atoms with E-state index in [-0.39, 0.29) is 0 Å². The van der Waals surface area contributed by atoms with E-state index < -0.39 is 0 Å². The van der Waals surface area contributed by atoms with Crippen LogP contribution in [0.5, 0.6) is 0 Å². The van der Waals surface area contributed by atoms with Crippen molar-refractivity contribution in [2.45, 2.75) is 52.1 Å². The van der Waals surface area contributed by atoms with Crippen molar-refractivity contribution in [3.05, 3.63) is 15.6 Å². The van der Waals surface area contributed by atoms with Crippen LogP contribution in [0.3, 0.4) is 0 Å². The lowest BCUT2D eigenvalue weighted by Gasteiger charge is -2.34. The molecule has 0 saturated carbocycles. The third kappa shape index (κ3) is 3.18. The molecule has 1 N–H and O–H groups in total. The standard InChI is InChI=1S/C15H25N3S/c1-11-12(2)19-15(17-11)10-18-8-5-13(6-9-18)14-4-3-7-16-14/h13-14,16H,3-10H2,1-2H3. The van der Waals surface area contributed by atoms with Crippen LogP contribution in [-0.2, 0) is 6.54 Å². The number of hydrogen-bond donors (Lipinski definition) is 1. The maximum absolute atomic E-state index is 4.67. The summed E-state index contributed by atoms with van der Waals surface area (Å²) in [4.78, 5) is 8.63. The number of nitrogens with one attached hydrogen (secondary N) is 1. The van der Waals surface area contributed by atoms with E-state index in [0.29, 0.717) is 0 Å². The van der Waals surface area contributed by atoms with E-state index in [4.69, 9.17) is 0 Å². The first-order valence-corrected chi connectivity index (χ1v) is 8.42. The van der Waals surface area contributed by atoms with Crippen molar-refractivity contribution in [3.8, 4) is 0 Å². The van der Waals surface area contributed by atoms with Gasteiger partial charge in [-0.05, 0) is 65.1 Å². The molecule has 3 rings (SSSR count). The van der Waals surface area contributed by atoms with Gasteiger partial charge in [-0.3, -0.25) is 4.90 Å². The Bertz CT molecular complexity index is 396. The van der Waals surface area contributed by atoms with Crippen LogP contribution in [0.1, 0.15) is 41.3 Å². The van der Waals surface area contributed by atoms with Crippen LogP contribution in [0.15, 0.2) is 0 Å². The summed E-state index contributed by atoms with van der Waals surface area (Å²) < 4.78 is 0. The van der Waals surface area contributed by atoms with Gasteiger partial charge in [-0.15, -0.1) is 11.3 Å². The zero-order valence-electron chi connectivity index (χ0n) is 12.1. The molecule has 1 unspecified atom stereocenters. The molecule has 0 radical (unpaired) electrons. The molecule has 2 aliphatic heterocycles. The van der Waals surface area contributed by atoms with Crippen molar-refractivity contribution in [2.75, 3.05) is 19.6 Å². The number of rotatable bonds is 3. The second-order valence-electron chi connectivity index (χ2n) is 6.07. The third-order valence-corrected chi connectivity index (χ3v) is 5.79. The van der Waals surface area contributed by atoms with Crippen LogP contribution in [0.25, 0.3) is 0 Å². The summed E-state index contributed by atoms with van der Waals surface area (Å²) in [7, 11) is 0. The minimum atomic E-state index is 0.812. The summed E-state index contributed by atoms with van der Waals surface area (Å²) >= 11 is 1.87. The smallest absolute Gasteiger partial charge is 0.107 e. The molecule has 3 nitrogen and oxygen atoms in total. The second kappa shape index (κ2) is 5.90. The van der Waals surface area contributed by atoms with Gasteiger partial charge in [-0.25, -0.2) is 4.98 Å². The van der Waals surface area contributed by atoms with Crippen molar-refractivity contribution in [1.82, 2.24) is 15.2 Å². The van der Waals surface area contributed by atoms with Gasteiger partial charge in [-0.1, -0.05) is 0 Å². The first-order chi connectivity index (χ1) is 9.22. The predicted molar refractivity (Wildman–Crippen MR) is 80.6 cm³/mol. The van der Waals surface area contributed by atoms with E-state index >= 15 is 0 Å². The van der Waals surface area contributed by atoms with Crippen molar-refractivity contribution < 1.29 is 0 Å². The van der Waals surface area contributed by atoms with E-state index in [1.807, 2.05) is 11.3 Å². The summed E-state index contributed by atoms with van der Waals surface area (Å²) in [6.45, 7) is 9.09. The Labute approximate surface area is 120 Å². The van der Waals surface area contributed by atoms with Gasteiger partial charge in [0.05, 0.1) is 12.2 Å². The summed E-state index contributed by atoms with van der Waals surface area (Å²) in [5.74, 6) is 0.915. The van der Waals surface area contributed by atoms with Crippen LogP contribution in [0.2, 0.25) is 0 Å². The van der Waals surface area contributed by atoms with Gasteiger partial charge in [-0.2, -0.15) is 0 Å². The molecule has 106 valence electrons. The van der Waals surface area contributed by atoms with Crippen LogP contribution in [0, 0.1) is 19.8 Å². The molecule has 2 aliphatic rings. The Balaban J connectivity index is 1.49. The highest BCUT2D eigenvalue weighted by Gasteiger charge is 2.28. The minimum absolute atomic E-state index is 0.812. The number of hydrogen-bond acceptors (Lipinski definition) is 4. The number of nitrogens with zero attached hydrogens (tertiary/aromatic N) is 2. The fourth-order valence-corrected chi connectivity index (χ4v) is 4.40. The Morgan fingerprint density at radius 1 is 1.26 bits per heavy atom. The average Bonchev–Trinajstić information content (AvgIpc) is 3.02. The Hall–Kier alpha value is -0.450. The molecular weight excluding hydrogens is 254 g/mol. The maximum atomic E-state index is 4.67. The quantitative estimate of drug-likeness (QED) is 0.922. The van der Waals surface area contributed by atoms with E-state index in [9.17, 15) is 0 Å². The van der Waals surface area contributed by atoms with Crippen LogP contribution >= 0.6 is 11.3 Å². The van der Waals surface area contributed by atoms with Crippen LogP contribution in [-0.4, -0.2) is 35.6 Å². The molecule has 0 spiro atoms. The maximum Gasteiger partial charge on any atom is 0.107 e. The summed E-state index contributed by atoms with van der Waals surface area (Å²) in [6.07, 6.45) is 5.50. The van der Waals surface area contributed by atoms with Gasteiger partial charge in [0, 0.05) is 10.9 Å². The lowest BCUT2D eigenvalue weighted by Crippen LogP contribution is -2.40. The summed E-state index contributed by atoms with van der Waals surface area (Å²) in [6, 6.07) is 0.812. The van der Waals surface area contributed by atoms with Crippen molar-refractivity contribution in [1.29, 1.82) is 0 Å². The fourth-order valence-electron chi connectivity index (χ4n) is 3.43. The highest BCUT2D eigenvalue weighted by Crippen LogP contribution is 2.27. The van der Waals surface area contributed by atoms with Gasteiger partial charge in [0.15, 0.2) is 0 Å². The summed E-state index contributed by atoms with van der Waals surface area (Å²) in [5, 5.41) is 4.97. The predicted octanol–water partition coefficient (Wildman–Crippen LogP) is 2.72. The van der Waals surface area contributed by atoms with E-state index in [1.165, 1.54) is 60.9 Å². The van der Waals surface area contributed by atoms with E-state index in [0.717, 1.165) is 18.5 Å².